The first kappa shape index (κ1) is 17.3. The largest absolute Gasteiger partial charge is 0.325 e. The number of aromatic nitrogens is 3. The summed E-state index contributed by atoms with van der Waals surface area (Å²) in [5, 5.41) is 11.7. The second kappa shape index (κ2) is 7.63. The van der Waals surface area contributed by atoms with Gasteiger partial charge in [0.15, 0.2) is 10.8 Å². The quantitative estimate of drug-likeness (QED) is 0.522. The van der Waals surface area contributed by atoms with E-state index in [9.17, 15) is 4.79 Å². The summed E-state index contributed by atoms with van der Waals surface area (Å²) in [6.45, 7) is 2.02. The predicted octanol–water partition coefficient (Wildman–Crippen LogP) is 4.51. The summed E-state index contributed by atoms with van der Waals surface area (Å²) in [6.07, 6.45) is 1.90. The van der Waals surface area contributed by atoms with Gasteiger partial charge in [-0.2, -0.15) is 0 Å². The lowest BCUT2D eigenvalue weighted by atomic mass is 10.1. The van der Waals surface area contributed by atoms with E-state index in [1.54, 1.807) is 0 Å². The summed E-state index contributed by atoms with van der Waals surface area (Å²) in [5.41, 5.74) is 3.60. The molecule has 5 nitrogen and oxygen atoms in total. The predicted molar refractivity (Wildman–Crippen MR) is 108 cm³/mol. The molecule has 1 amide bonds. The van der Waals surface area contributed by atoms with Gasteiger partial charge in [-0.05, 0) is 36.8 Å². The topological polar surface area (TPSA) is 59.3 Å². The van der Waals surface area contributed by atoms with Crippen molar-refractivity contribution < 1.29 is 4.79 Å². The van der Waals surface area contributed by atoms with Crippen molar-refractivity contribution >= 4 is 29.0 Å². The molecule has 2 aromatic heterocycles. The molecule has 27 heavy (non-hydrogen) atoms. The molecular weight excluding hydrogens is 356 g/mol. The number of pyridine rings is 1. The van der Waals surface area contributed by atoms with Crippen LogP contribution in [-0.4, -0.2) is 20.5 Å². The minimum absolute atomic E-state index is 0.0947. The maximum Gasteiger partial charge on any atom is 0.242 e. The summed E-state index contributed by atoms with van der Waals surface area (Å²) in [5.74, 6) is -0.0947. The monoisotopic (exact) mass is 374 g/mol. The Hall–Kier alpha value is -3.12. The molecule has 4 rings (SSSR count). The molecule has 0 aliphatic heterocycles. The summed E-state index contributed by atoms with van der Waals surface area (Å²) in [4.78, 5) is 13.1. The smallest absolute Gasteiger partial charge is 0.242 e. The number of hydrogen-bond donors (Lipinski definition) is 1. The molecule has 4 aromatic rings. The number of carbonyl (C=O) groups is 1. The van der Waals surface area contributed by atoms with E-state index in [0.29, 0.717) is 5.16 Å². The highest BCUT2D eigenvalue weighted by atomic mass is 32.2. The van der Waals surface area contributed by atoms with Gasteiger partial charge in [0.1, 0.15) is 5.25 Å². The first-order valence-electron chi connectivity index (χ1n) is 8.59. The Labute approximate surface area is 161 Å². The van der Waals surface area contributed by atoms with Gasteiger partial charge in [-0.15, -0.1) is 10.2 Å². The molecule has 0 unspecified atom stereocenters. The van der Waals surface area contributed by atoms with Crippen LogP contribution in [0.5, 0.6) is 0 Å². The number of nitrogens with zero attached hydrogens (tertiary/aromatic N) is 3. The normalized spacial score (nSPS) is 12.0. The van der Waals surface area contributed by atoms with Gasteiger partial charge in [-0.1, -0.05) is 65.9 Å². The lowest BCUT2D eigenvalue weighted by Gasteiger charge is -2.16. The van der Waals surface area contributed by atoms with Crippen molar-refractivity contribution in [3.63, 3.8) is 0 Å². The molecule has 134 valence electrons. The summed E-state index contributed by atoms with van der Waals surface area (Å²) in [6, 6.07) is 23.2. The molecule has 0 radical (unpaired) electrons. The fourth-order valence-electron chi connectivity index (χ4n) is 2.75. The highest BCUT2D eigenvalue weighted by molar-refractivity contribution is 8.00. The van der Waals surface area contributed by atoms with Crippen LogP contribution in [0, 0.1) is 6.92 Å². The van der Waals surface area contributed by atoms with Crippen molar-refractivity contribution in [1.82, 2.24) is 14.6 Å². The molecule has 6 heteroatoms. The Bertz CT molecular complexity index is 1060. The first-order chi connectivity index (χ1) is 13.2. The summed E-state index contributed by atoms with van der Waals surface area (Å²) >= 11 is 1.39. The van der Waals surface area contributed by atoms with E-state index in [1.165, 1.54) is 11.8 Å². The summed E-state index contributed by atoms with van der Waals surface area (Å²) < 4.78 is 1.89. The molecule has 0 aliphatic carbocycles. The number of amides is 1. The number of hydrogen-bond acceptors (Lipinski definition) is 4. The van der Waals surface area contributed by atoms with Crippen LogP contribution in [0.4, 0.5) is 5.69 Å². The van der Waals surface area contributed by atoms with Crippen molar-refractivity contribution in [2.45, 2.75) is 17.3 Å². The average Bonchev–Trinajstić information content (AvgIpc) is 3.11. The minimum atomic E-state index is -0.444. The van der Waals surface area contributed by atoms with Crippen molar-refractivity contribution in [3.05, 3.63) is 90.1 Å². The van der Waals surface area contributed by atoms with E-state index in [1.807, 2.05) is 90.3 Å². The fraction of sp³-hybridized carbons (Fsp3) is 0.0952. The number of nitrogens with one attached hydrogen (secondary N) is 1. The Morgan fingerprint density at radius 3 is 2.48 bits per heavy atom. The third kappa shape index (κ3) is 3.85. The van der Waals surface area contributed by atoms with Crippen LogP contribution in [0.25, 0.3) is 5.65 Å². The zero-order valence-electron chi connectivity index (χ0n) is 14.7. The Balaban J connectivity index is 1.64. The molecule has 0 saturated heterocycles. The number of thioether (sulfide) groups is 1. The minimum Gasteiger partial charge on any atom is -0.325 e. The lowest BCUT2D eigenvalue weighted by molar-refractivity contribution is -0.115. The molecular formula is C21H18N4OS. The summed E-state index contributed by atoms with van der Waals surface area (Å²) in [7, 11) is 0. The first-order valence-corrected chi connectivity index (χ1v) is 9.47. The number of benzene rings is 2. The second-order valence-electron chi connectivity index (χ2n) is 6.18. The molecule has 1 atom stereocenters. The van der Waals surface area contributed by atoms with Crippen molar-refractivity contribution in [2.24, 2.45) is 0 Å². The Morgan fingerprint density at radius 2 is 1.70 bits per heavy atom. The van der Waals surface area contributed by atoms with E-state index in [0.717, 1.165) is 22.5 Å². The van der Waals surface area contributed by atoms with Crippen LogP contribution in [0.15, 0.2) is 84.1 Å². The van der Waals surface area contributed by atoms with E-state index in [-0.39, 0.29) is 5.91 Å². The van der Waals surface area contributed by atoms with E-state index >= 15 is 0 Å². The van der Waals surface area contributed by atoms with Crippen LogP contribution in [-0.2, 0) is 4.79 Å². The van der Waals surface area contributed by atoms with Gasteiger partial charge >= 0.3 is 0 Å². The molecule has 0 saturated carbocycles. The molecule has 1 N–H and O–H groups in total. The highest BCUT2D eigenvalue weighted by Crippen LogP contribution is 2.35. The number of rotatable bonds is 5. The average molecular weight is 374 g/mol. The maximum atomic E-state index is 13.1. The van der Waals surface area contributed by atoms with Gasteiger partial charge in [0.2, 0.25) is 5.91 Å². The van der Waals surface area contributed by atoms with E-state index < -0.39 is 5.25 Å². The van der Waals surface area contributed by atoms with Gasteiger partial charge in [-0.25, -0.2) is 0 Å². The third-order valence-corrected chi connectivity index (χ3v) is 5.38. The van der Waals surface area contributed by atoms with Crippen molar-refractivity contribution in [3.8, 4) is 0 Å². The molecule has 2 heterocycles. The highest BCUT2D eigenvalue weighted by Gasteiger charge is 2.24. The van der Waals surface area contributed by atoms with Gasteiger partial charge < -0.3 is 5.32 Å². The molecule has 0 fully saturated rings. The van der Waals surface area contributed by atoms with Crippen LogP contribution in [0.3, 0.4) is 0 Å². The third-order valence-electron chi connectivity index (χ3n) is 4.17. The Kier molecular flexibility index (Phi) is 4.89. The SMILES string of the molecule is Cc1ccc(NC(=O)[C@H](Sc2nnc3ccccn23)c2ccccc2)cc1. The molecule has 0 aliphatic rings. The number of fused-ring (bicyclic) bond motifs is 1. The number of carbonyl (C=O) groups excluding carboxylic acids is 1. The number of aryl methyl sites for hydroxylation is 1. The molecule has 0 bridgehead atoms. The second-order valence-corrected chi connectivity index (χ2v) is 7.25. The van der Waals surface area contributed by atoms with Crippen LogP contribution in [0.2, 0.25) is 0 Å². The van der Waals surface area contributed by atoms with Gasteiger partial charge in [0.25, 0.3) is 0 Å². The van der Waals surface area contributed by atoms with Gasteiger partial charge in [0, 0.05) is 11.9 Å². The molecule has 2 aromatic carbocycles. The van der Waals surface area contributed by atoms with Crippen molar-refractivity contribution in [1.29, 1.82) is 0 Å². The van der Waals surface area contributed by atoms with Crippen LogP contribution < -0.4 is 5.32 Å². The maximum absolute atomic E-state index is 13.1. The Morgan fingerprint density at radius 1 is 0.963 bits per heavy atom. The number of anilines is 1. The zero-order valence-corrected chi connectivity index (χ0v) is 15.6. The zero-order chi connectivity index (χ0) is 18.6. The fourth-order valence-corrected chi connectivity index (χ4v) is 3.78. The van der Waals surface area contributed by atoms with E-state index in [2.05, 4.69) is 15.5 Å². The van der Waals surface area contributed by atoms with Crippen molar-refractivity contribution in [2.75, 3.05) is 5.32 Å². The van der Waals surface area contributed by atoms with Crippen LogP contribution in [0.1, 0.15) is 16.4 Å². The van der Waals surface area contributed by atoms with E-state index in [4.69, 9.17) is 0 Å². The lowest BCUT2D eigenvalue weighted by Crippen LogP contribution is -2.19. The van der Waals surface area contributed by atoms with Crippen LogP contribution >= 0.6 is 11.8 Å². The van der Waals surface area contributed by atoms with Gasteiger partial charge in [0.05, 0.1) is 0 Å². The van der Waals surface area contributed by atoms with Gasteiger partial charge in [-0.3, -0.25) is 9.20 Å². The standard InChI is InChI=1S/C21H18N4OS/c1-15-10-12-17(13-11-15)22-20(26)19(16-7-3-2-4-8-16)27-21-24-23-18-9-5-6-14-25(18)21/h2-14,19H,1H3,(H,22,26)/t19-/m1/s1. The molecule has 0 spiro atoms.